The van der Waals surface area contributed by atoms with Crippen molar-refractivity contribution in [3.05, 3.63) is 29.8 Å². The van der Waals surface area contributed by atoms with Gasteiger partial charge in [-0.05, 0) is 31.4 Å². The van der Waals surface area contributed by atoms with Crippen LogP contribution >= 0.6 is 0 Å². The molecule has 0 spiro atoms. The van der Waals surface area contributed by atoms with Gasteiger partial charge in [0, 0.05) is 11.7 Å². The molecule has 2 fully saturated rings. The molecule has 2 aliphatic rings. The lowest BCUT2D eigenvalue weighted by atomic mass is 9.83. The predicted octanol–water partition coefficient (Wildman–Crippen LogP) is 1.28. The highest BCUT2D eigenvalue weighted by Crippen LogP contribution is 2.27. The highest BCUT2D eigenvalue weighted by molar-refractivity contribution is 5.93. The minimum Gasteiger partial charge on any atom is -0.370 e. The number of benzene rings is 1. The molecule has 1 aliphatic heterocycles. The smallest absolute Gasteiger partial charge is 0.227 e. The molecule has 1 saturated carbocycles. The van der Waals surface area contributed by atoms with E-state index in [0.717, 1.165) is 36.9 Å². The molecular weight excluding hydrogens is 278 g/mol. The van der Waals surface area contributed by atoms with E-state index in [9.17, 15) is 4.79 Å². The Balaban J connectivity index is 1.66. The number of nitrogens with two attached hydrogens (primary N) is 1. The summed E-state index contributed by atoms with van der Waals surface area (Å²) < 4.78 is 0. The zero-order valence-corrected chi connectivity index (χ0v) is 12.8. The van der Waals surface area contributed by atoms with Crippen molar-refractivity contribution in [1.82, 2.24) is 10.6 Å². The fourth-order valence-corrected chi connectivity index (χ4v) is 3.22. The number of nitrogens with one attached hydrogen (secondary N) is 3. The maximum atomic E-state index is 12.2. The van der Waals surface area contributed by atoms with Gasteiger partial charge in [0.05, 0.1) is 5.92 Å². The molecule has 3 rings (SSSR count). The van der Waals surface area contributed by atoms with Gasteiger partial charge in [-0.3, -0.25) is 10.1 Å². The van der Waals surface area contributed by atoms with Crippen LogP contribution in [-0.2, 0) is 4.79 Å². The van der Waals surface area contributed by atoms with E-state index in [-0.39, 0.29) is 17.9 Å². The molecule has 6 nitrogen and oxygen atoms in total. The number of rotatable bonds is 2. The number of hydrogen-bond acceptors (Lipinski definition) is 3. The van der Waals surface area contributed by atoms with Gasteiger partial charge in [-0.1, -0.05) is 31.0 Å². The topological polar surface area (TPSA) is 91.5 Å². The summed E-state index contributed by atoms with van der Waals surface area (Å²) in [6.07, 6.45) is 3.81. The number of carbonyl (C=O) groups excluding carboxylic acids is 1. The van der Waals surface area contributed by atoms with E-state index in [1.807, 2.05) is 31.2 Å². The second kappa shape index (κ2) is 6.36. The third kappa shape index (κ3) is 3.22. The molecule has 1 saturated heterocycles. The summed E-state index contributed by atoms with van der Waals surface area (Å²) in [7, 11) is 0. The molecule has 1 aliphatic carbocycles. The standard InChI is InChI=1S/C16H23N5O/c1-10-6-2-4-8-12(10)18-15(17)21-16-19-13-9-5-3-7-11(13)14(22)20-16/h2,4,6,8,11,13,16,19H,3,5,7,9H2,1H3,(H,20,22)(H3,17,18,21). The molecule has 1 heterocycles. The number of fused-ring (bicyclic) bond motifs is 1. The number of para-hydroxylation sites is 1. The molecule has 6 heteroatoms. The number of amides is 1. The molecular formula is C16H23N5O. The summed E-state index contributed by atoms with van der Waals surface area (Å²) in [5.41, 5.74) is 7.98. The number of anilines is 1. The normalized spacial score (nSPS) is 28.7. The van der Waals surface area contributed by atoms with Crippen molar-refractivity contribution >= 4 is 17.6 Å². The molecule has 3 atom stereocenters. The number of guanidine groups is 1. The van der Waals surface area contributed by atoms with E-state index in [0.29, 0.717) is 5.96 Å². The number of carbonyl (C=O) groups is 1. The Morgan fingerprint density at radius 2 is 2.09 bits per heavy atom. The molecule has 1 aromatic rings. The van der Waals surface area contributed by atoms with Crippen LogP contribution in [0.25, 0.3) is 0 Å². The van der Waals surface area contributed by atoms with Gasteiger partial charge in [0.15, 0.2) is 12.2 Å². The van der Waals surface area contributed by atoms with Crippen molar-refractivity contribution in [3.63, 3.8) is 0 Å². The minimum atomic E-state index is -0.455. The number of aliphatic imine (C=N–C) groups is 1. The van der Waals surface area contributed by atoms with Crippen molar-refractivity contribution in [2.75, 3.05) is 5.32 Å². The van der Waals surface area contributed by atoms with Crippen molar-refractivity contribution in [1.29, 1.82) is 0 Å². The monoisotopic (exact) mass is 301 g/mol. The fourth-order valence-electron chi connectivity index (χ4n) is 3.22. The van der Waals surface area contributed by atoms with Crippen molar-refractivity contribution in [2.45, 2.75) is 44.9 Å². The molecule has 22 heavy (non-hydrogen) atoms. The average Bonchev–Trinajstić information content (AvgIpc) is 2.49. The van der Waals surface area contributed by atoms with Crippen LogP contribution < -0.4 is 21.7 Å². The van der Waals surface area contributed by atoms with Crippen LogP contribution in [0.5, 0.6) is 0 Å². The second-order valence-corrected chi connectivity index (χ2v) is 6.03. The van der Waals surface area contributed by atoms with Crippen LogP contribution in [0.4, 0.5) is 5.69 Å². The van der Waals surface area contributed by atoms with E-state index in [1.165, 1.54) is 0 Å². The van der Waals surface area contributed by atoms with Gasteiger partial charge in [-0.15, -0.1) is 0 Å². The van der Waals surface area contributed by atoms with Crippen LogP contribution in [0, 0.1) is 12.8 Å². The maximum absolute atomic E-state index is 12.2. The third-order valence-electron chi connectivity index (χ3n) is 4.43. The Hall–Kier alpha value is -2.08. The number of nitrogens with zero attached hydrogens (tertiary/aromatic N) is 1. The molecule has 1 aromatic carbocycles. The first-order chi connectivity index (χ1) is 10.6. The van der Waals surface area contributed by atoms with Crippen molar-refractivity contribution in [3.8, 4) is 0 Å². The fraction of sp³-hybridized carbons (Fsp3) is 0.500. The molecule has 0 radical (unpaired) electrons. The molecule has 3 unspecified atom stereocenters. The van der Waals surface area contributed by atoms with Crippen LogP contribution in [0.15, 0.2) is 29.3 Å². The third-order valence-corrected chi connectivity index (χ3v) is 4.43. The first-order valence-electron chi connectivity index (χ1n) is 7.86. The minimum absolute atomic E-state index is 0.0748. The summed E-state index contributed by atoms with van der Waals surface area (Å²) in [6.45, 7) is 2.00. The zero-order valence-electron chi connectivity index (χ0n) is 12.8. The summed E-state index contributed by atoms with van der Waals surface area (Å²) in [5.74, 6) is 0.452. The van der Waals surface area contributed by atoms with E-state index in [1.54, 1.807) is 0 Å². The Kier molecular flexibility index (Phi) is 4.29. The molecule has 118 valence electrons. The van der Waals surface area contributed by atoms with Crippen LogP contribution in [-0.4, -0.2) is 24.2 Å². The summed E-state index contributed by atoms with van der Waals surface area (Å²) in [6, 6.07) is 8.07. The molecule has 0 bridgehead atoms. The van der Waals surface area contributed by atoms with Crippen molar-refractivity contribution < 1.29 is 4.79 Å². The summed E-state index contributed by atoms with van der Waals surface area (Å²) >= 11 is 0. The van der Waals surface area contributed by atoms with Gasteiger partial charge >= 0.3 is 0 Å². The molecule has 5 N–H and O–H groups in total. The van der Waals surface area contributed by atoms with Gasteiger partial charge < -0.3 is 16.4 Å². The van der Waals surface area contributed by atoms with E-state index in [4.69, 9.17) is 5.73 Å². The molecule has 1 amide bonds. The number of aryl methyl sites for hydroxylation is 1. The summed E-state index contributed by atoms with van der Waals surface area (Å²) in [4.78, 5) is 16.5. The quantitative estimate of drug-likeness (QED) is 0.489. The SMILES string of the molecule is Cc1ccccc1N/C(N)=N/C1NC(=O)C2CCCCC2N1. The zero-order chi connectivity index (χ0) is 15.5. The van der Waals surface area contributed by atoms with Crippen LogP contribution in [0.2, 0.25) is 0 Å². The predicted molar refractivity (Wildman–Crippen MR) is 87.2 cm³/mol. The highest BCUT2D eigenvalue weighted by atomic mass is 16.2. The molecule has 0 aromatic heterocycles. The van der Waals surface area contributed by atoms with Crippen molar-refractivity contribution in [2.24, 2.45) is 16.6 Å². The second-order valence-electron chi connectivity index (χ2n) is 6.03. The Bertz CT molecular complexity index is 586. The first-order valence-corrected chi connectivity index (χ1v) is 7.86. The van der Waals surface area contributed by atoms with Gasteiger partial charge in [-0.25, -0.2) is 4.99 Å². The highest BCUT2D eigenvalue weighted by Gasteiger charge is 2.37. The van der Waals surface area contributed by atoms with E-state index in [2.05, 4.69) is 20.9 Å². The van der Waals surface area contributed by atoms with Gasteiger partial charge in [0.1, 0.15) is 0 Å². The van der Waals surface area contributed by atoms with E-state index < -0.39 is 6.29 Å². The van der Waals surface area contributed by atoms with Gasteiger partial charge in [0.2, 0.25) is 5.91 Å². The Morgan fingerprint density at radius 1 is 1.32 bits per heavy atom. The Labute approximate surface area is 130 Å². The number of hydrogen-bond donors (Lipinski definition) is 4. The van der Waals surface area contributed by atoms with Crippen LogP contribution in [0.3, 0.4) is 0 Å². The van der Waals surface area contributed by atoms with E-state index >= 15 is 0 Å². The maximum Gasteiger partial charge on any atom is 0.227 e. The lowest BCUT2D eigenvalue weighted by Gasteiger charge is -2.38. The lowest BCUT2D eigenvalue weighted by Crippen LogP contribution is -2.61. The van der Waals surface area contributed by atoms with Crippen LogP contribution in [0.1, 0.15) is 31.2 Å². The largest absolute Gasteiger partial charge is 0.370 e. The Morgan fingerprint density at radius 3 is 2.91 bits per heavy atom. The van der Waals surface area contributed by atoms with Gasteiger partial charge in [0.25, 0.3) is 0 Å². The summed E-state index contributed by atoms with van der Waals surface area (Å²) in [5, 5.41) is 9.35. The first kappa shape index (κ1) is 14.8. The lowest BCUT2D eigenvalue weighted by molar-refractivity contribution is -0.130. The average molecular weight is 301 g/mol. The van der Waals surface area contributed by atoms with Gasteiger partial charge in [-0.2, -0.15) is 0 Å².